The summed E-state index contributed by atoms with van der Waals surface area (Å²) in [5.74, 6) is -0.760. The van der Waals surface area contributed by atoms with Crippen LogP contribution in [0.2, 0.25) is 0 Å². The summed E-state index contributed by atoms with van der Waals surface area (Å²) in [6.07, 6.45) is 0. The Kier molecular flexibility index (Phi) is 5.37. The fourth-order valence-corrected chi connectivity index (χ4v) is 3.94. The van der Waals surface area contributed by atoms with E-state index in [-0.39, 0.29) is 5.57 Å². The first-order valence-electron chi connectivity index (χ1n) is 10.1. The van der Waals surface area contributed by atoms with Gasteiger partial charge < -0.3 is 14.5 Å². The molecule has 32 heavy (non-hydrogen) atoms. The van der Waals surface area contributed by atoms with Crippen LogP contribution in [0.3, 0.4) is 0 Å². The van der Waals surface area contributed by atoms with Crippen molar-refractivity contribution in [1.29, 1.82) is 5.26 Å². The Labute approximate surface area is 186 Å². The van der Waals surface area contributed by atoms with Gasteiger partial charge in [0.05, 0.1) is 28.1 Å². The lowest BCUT2D eigenvalue weighted by Crippen LogP contribution is -2.28. The molecule has 0 aliphatic carbocycles. The van der Waals surface area contributed by atoms with Gasteiger partial charge in [0.25, 0.3) is 0 Å². The number of rotatable bonds is 4. The van der Waals surface area contributed by atoms with Crippen LogP contribution in [0, 0.1) is 25.2 Å². The van der Waals surface area contributed by atoms with Crippen molar-refractivity contribution in [3.63, 3.8) is 0 Å². The Balaban J connectivity index is 1.56. The fraction of sp³-hybridized carbons (Fsp3) is 0.200. The number of hydrogen-bond donors (Lipinski definition) is 0. The smallest absolute Gasteiger partial charge is 0.340 e. The Bertz CT molecular complexity index is 1310. The maximum absolute atomic E-state index is 12.9. The van der Waals surface area contributed by atoms with Gasteiger partial charge in [0.2, 0.25) is 5.78 Å². The number of benzene rings is 2. The number of nitrogens with zero attached hydrogens (tertiary/aromatic N) is 4. The Hall–Kier alpha value is -4.18. The SMILES string of the molecule is Cc1ccc2nc(C)c(C(=O)OCC(=O)C(C#N)=C3N(C)c4ccccc4N3C)cc2c1. The number of carbonyl (C=O) groups excluding carboxylic acids is 2. The highest BCUT2D eigenvalue weighted by atomic mass is 16.5. The van der Waals surface area contributed by atoms with Crippen molar-refractivity contribution in [2.24, 2.45) is 0 Å². The monoisotopic (exact) mass is 426 g/mol. The van der Waals surface area contributed by atoms with Crippen LogP contribution in [0.1, 0.15) is 21.6 Å². The molecule has 0 N–H and O–H groups in total. The molecule has 1 aliphatic heterocycles. The molecule has 7 nitrogen and oxygen atoms in total. The number of anilines is 2. The predicted octanol–water partition coefficient (Wildman–Crippen LogP) is 3.90. The molecule has 1 aromatic heterocycles. The average Bonchev–Trinajstić information content (AvgIpc) is 3.03. The molecule has 0 amide bonds. The minimum Gasteiger partial charge on any atom is -0.454 e. The van der Waals surface area contributed by atoms with E-state index in [1.54, 1.807) is 36.9 Å². The summed E-state index contributed by atoms with van der Waals surface area (Å²) in [6, 6.07) is 17.1. The molecular weight excluding hydrogens is 404 g/mol. The Morgan fingerprint density at radius 1 is 1.03 bits per heavy atom. The van der Waals surface area contributed by atoms with Gasteiger partial charge in [-0.3, -0.25) is 9.78 Å². The molecule has 4 rings (SSSR count). The third-order valence-electron chi connectivity index (χ3n) is 5.57. The van der Waals surface area contributed by atoms with Crippen molar-refractivity contribution in [3.05, 3.63) is 76.7 Å². The van der Waals surface area contributed by atoms with E-state index in [9.17, 15) is 14.9 Å². The number of hydrogen-bond acceptors (Lipinski definition) is 7. The van der Waals surface area contributed by atoms with E-state index in [0.29, 0.717) is 17.1 Å². The van der Waals surface area contributed by atoms with Crippen molar-refractivity contribution in [3.8, 4) is 6.07 Å². The zero-order chi connectivity index (χ0) is 23.0. The summed E-state index contributed by atoms with van der Waals surface area (Å²) < 4.78 is 5.29. The molecular formula is C25H22N4O3. The van der Waals surface area contributed by atoms with Gasteiger partial charge in [-0.15, -0.1) is 0 Å². The summed E-state index contributed by atoms with van der Waals surface area (Å²) in [6.45, 7) is 3.15. The van der Waals surface area contributed by atoms with Crippen LogP contribution < -0.4 is 9.80 Å². The number of para-hydroxylation sites is 2. The number of aryl methyl sites for hydroxylation is 2. The standard InChI is InChI=1S/C25H22N4O3/c1-15-9-10-20-17(11-15)12-18(16(2)27-20)25(31)32-14-23(30)19(13-26)24-28(3)21-7-5-6-8-22(21)29(24)4/h5-12H,14H2,1-4H3. The summed E-state index contributed by atoms with van der Waals surface area (Å²) in [5, 5.41) is 10.5. The minimum atomic E-state index is -0.648. The second-order valence-corrected chi connectivity index (χ2v) is 7.73. The summed E-state index contributed by atoms with van der Waals surface area (Å²) >= 11 is 0. The van der Waals surface area contributed by atoms with Gasteiger partial charge in [-0.05, 0) is 44.2 Å². The molecule has 0 fully saturated rings. The van der Waals surface area contributed by atoms with E-state index < -0.39 is 18.4 Å². The minimum absolute atomic E-state index is 0.0667. The van der Waals surface area contributed by atoms with Crippen molar-refractivity contribution >= 4 is 34.0 Å². The molecule has 0 spiro atoms. The number of fused-ring (bicyclic) bond motifs is 2. The number of esters is 1. The molecule has 3 aromatic rings. The van der Waals surface area contributed by atoms with Gasteiger partial charge >= 0.3 is 5.97 Å². The molecule has 0 unspecified atom stereocenters. The van der Waals surface area contributed by atoms with Crippen LogP contribution in [0.25, 0.3) is 10.9 Å². The first-order chi connectivity index (χ1) is 15.3. The van der Waals surface area contributed by atoms with Crippen molar-refractivity contribution < 1.29 is 14.3 Å². The van der Waals surface area contributed by atoms with Crippen LogP contribution >= 0.6 is 0 Å². The largest absolute Gasteiger partial charge is 0.454 e. The van der Waals surface area contributed by atoms with Gasteiger partial charge in [-0.1, -0.05) is 23.8 Å². The molecule has 2 heterocycles. The highest BCUT2D eigenvalue weighted by Gasteiger charge is 2.31. The number of carbonyl (C=O) groups is 2. The molecule has 0 bridgehead atoms. The van der Waals surface area contributed by atoms with Crippen LogP contribution in [-0.4, -0.2) is 37.4 Å². The molecule has 7 heteroatoms. The van der Waals surface area contributed by atoms with Crippen molar-refractivity contribution in [1.82, 2.24) is 4.98 Å². The van der Waals surface area contributed by atoms with E-state index in [1.807, 2.05) is 55.5 Å². The first kappa shape index (κ1) is 21.1. The van der Waals surface area contributed by atoms with Crippen LogP contribution in [0.15, 0.2) is 59.9 Å². The third-order valence-corrected chi connectivity index (χ3v) is 5.57. The van der Waals surface area contributed by atoms with E-state index >= 15 is 0 Å². The lowest BCUT2D eigenvalue weighted by Gasteiger charge is -2.19. The quantitative estimate of drug-likeness (QED) is 0.355. The summed E-state index contributed by atoms with van der Waals surface area (Å²) in [7, 11) is 3.58. The Morgan fingerprint density at radius 2 is 1.69 bits per heavy atom. The van der Waals surface area contributed by atoms with Gasteiger partial charge in [0.1, 0.15) is 17.5 Å². The van der Waals surface area contributed by atoms with E-state index in [1.165, 1.54) is 0 Å². The average molecular weight is 426 g/mol. The molecule has 1 aliphatic rings. The number of Topliss-reactive ketones (excluding diaryl/α,β-unsaturated/α-hetero) is 1. The normalized spacial score (nSPS) is 12.5. The topological polar surface area (TPSA) is 86.5 Å². The van der Waals surface area contributed by atoms with Crippen LogP contribution in [0.4, 0.5) is 11.4 Å². The van der Waals surface area contributed by atoms with Gasteiger partial charge in [-0.2, -0.15) is 5.26 Å². The molecule has 160 valence electrons. The maximum Gasteiger partial charge on any atom is 0.340 e. The van der Waals surface area contributed by atoms with Gasteiger partial charge in [0.15, 0.2) is 6.61 Å². The zero-order valence-electron chi connectivity index (χ0n) is 18.3. The van der Waals surface area contributed by atoms with Crippen molar-refractivity contribution in [2.45, 2.75) is 13.8 Å². The number of ether oxygens (including phenoxy) is 1. The highest BCUT2D eigenvalue weighted by Crippen LogP contribution is 2.40. The molecule has 0 radical (unpaired) electrons. The molecule has 0 saturated heterocycles. The Morgan fingerprint density at radius 3 is 2.31 bits per heavy atom. The van der Waals surface area contributed by atoms with Gasteiger partial charge in [-0.25, -0.2) is 4.79 Å². The number of ketones is 1. The van der Waals surface area contributed by atoms with Crippen LogP contribution in [-0.2, 0) is 9.53 Å². The third kappa shape index (κ3) is 3.56. The van der Waals surface area contributed by atoms with Crippen molar-refractivity contribution in [2.75, 3.05) is 30.5 Å². The van der Waals surface area contributed by atoms with Gasteiger partial charge in [0, 0.05) is 19.5 Å². The molecule has 2 aromatic carbocycles. The number of aromatic nitrogens is 1. The second kappa shape index (κ2) is 8.16. The molecule has 0 saturated carbocycles. The molecule has 0 atom stereocenters. The van der Waals surface area contributed by atoms with E-state index in [4.69, 9.17) is 4.74 Å². The van der Waals surface area contributed by atoms with E-state index in [0.717, 1.165) is 27.8 Å². The lowest BCUT2D eigenvalue weighted by atomic mass is 10.1. The fourth-order valence-electron chi connectivity index (χ4n) is 3.94. The van der Waals surface area contributed by atoms with Crippen LogP contribution in [0.5, 0.6) is 0 Å². The maximum atomic E-state index is 12.9. The second-order valence-electron chi connectivity index (χ2n) is 7.73. The predicted molar refractivity (Wildman–Crippen MR) is 122 cm³/mol. The summed E-state index contributed by atoms with van der Waals surface area (Å²) in [5.41, 5.74) is 4.35. The zero-order valence-corrected chi connectivity index (χ0v) is 18.3. The van der Waals surface area contributed by atoms with E-state index in [2.05, 4.69) is 4.98 Å². The number of nitriles is 1. The lowest BCUT2D eigenvalue weighted by molar-refractivity contribution is -0.118. The highest BCUT2D eigenvalue weighted by molar-refractivity contribution is 6.05. The summed E-state index contributed by atoms with van der Waals surface area (Å²) in [4.78, 5) is 33.6. The number of pyridine rings is 1. The first-order valence-corrected chi connectivity index (χ1v) is 10.1.